The number of aromatic nitrogens is 4. The summed E-state index contributed by atoms with van der Waals surface area (Å²) in [5.74, 6) is 2.37. The van der Waals surface area contributed by atoms with Crippen molar-refractivity contribution >= 4 is 28.4 Å². The van der Waals surface area contributed by atoms with E-state index < -0.39 is 0 Å². The van der Waals surface area contributed by atoms with Gasteiger partial charge in [-0.1, -0.05) is 0 Å². The van der Waals surface area contributed by atoms with E-state index in [1.165, 1.54) is 12.8 Å². The fraction of sp³-hybridized carbons (Fsp3) is 0.478. The number of hydrogen-bond acceptors (Lipinski definition) is 7. The van der Waals surface area contributed by atoms with Gasteiger partial charge in [-0.25, -0.2) is 4.98 Å². The largest absolute Gasteiger partial charge is 0.367 e. The van der Waals surface area contributed by atoms with Crippen LogP contribution in [-0.4, -0.2) is 48.7 Å². The molecule has 4 atom stereocenters. The van der Waals surface area contributed by atoms with Gasteiger partial charge >= 0.3 is 0 Å². The Balaban J connectivity index is 1.21. The molecule has 0 saturated carbocycles. The van der Waals surface area contributed by atoms with Crippen LogP contribution in [-0.2, 0) is 0 Å². The molecule has 3 fully saturated rings. The summed E-state index contributed by atoms with van der Waals surface area (Å²) in [6, 6.07) is 12.0. The summed E-state index contributed by atoms with van der Waals surface area (Å²) < 4.78 is 0. The highest BCUT2D eigenvalue weighted by Crippen LogP contribution is 2.58. The molecule has 0 spiro atoms. The normalized spacial score (nSPS) is 28.8. The van der Waals surface area contributed by atoms with Crippen molar-refractivity contribution in [1.82, 2.24) is 25.1 Å². The maximum absolute atomic E-state index is 8.96. The lowest BCUT2D eigenvalue weighted by atomic mass is 9.57. The summed E-state index contributed by atoms with van der Waals surface area (Å²) in [5.41, 5.74) is 2.26. The zero-order valence-corrected chi connectivity index (χ0v) is 17.6. The minimum Gasteiger partial charge on any atom is -0.367 e. The van der Waals surface area contributed by atoms with Crippen LogP contribution in [0.25, 0.3) is 10.9 Å². The first-order chi connectivity index (χ1) is 15.1. The Morgan fingerprint density at radius 1 is 1.26 bits per heavy atom. The predicted octanol–water partition coefficient (Wildman–Crippen LogP) is 3.87. The number of nitriles is 1. The number of hydrogen-bond donors (Lipinski definition) is 3. The summed E-state index contributed by atoms with van der Waals surface area (Å²) in [6.45, 7) is 1.98. The predicted molar refractivity (Wildman–Crippen MR) is 119 cm³/mol. The Labute approximate surface area is 181 Å². The van der Waals surface area contributed by atoms with Gasteiger partial charge in [0.15, 0.2) is 5.82 Å². The number of pyridine rings is 2. The molecule has 3 aromatic rings. The lowest BCUT2D eigenvalue weighted by Crippen LogP contribution is -2.81. The molecular weight excluding hydrogens is 388 g/mol. The molecule has 6 heterocycles. The highest BCUT2D eigenvalue weighted by atomic mass is 15.4. The zero-order chi connectivity index (χ0) is 21.0. The molecule has 0 amide bonds. The second-order valence-corrected chi connectivity index (χ2v) is 9.31. The summed E-state index contributed by atoms with van der Waals surface area (Å²) in [6.07, 6.45) is 8.27. The lowest BCUT2D eigenvalue weighted by molar-refractivity contribution is -0.222. The Hall–Kier alpha value is -3.18. The third-order valence-electron chi connectivity index (χ3n) is 7.28. The zero-order valence-electron chi connectivity index (χ0n) is 17.6. The highest BCUT2D eigenvalue weighted by molar-refractivity contribution is 5.92. The van der Waals surface area contributed by atoms with E-state index >= 15 is 0 Å². The van der Waals surface area contributed by atoms with Gasteiger partial charge in [-0.2, -0.15) is 10.4 Å². The number of anilines is 3. The number of H-pyrrole nitrogens is 1. The minimum atomic E-state index is 0.347. The van der Waals surface area contributed by atoms with Crippen molar-refractivity contribution in [2.75, 3.05) is 10.6 Å². The minimum absolute atomic E-state index is 0.347. The number of rotatable bonds is 6. The molecule has 8 nitrogen and oxygen atoms in total. The molecule has 0 radical (unpaired) electrons. The second-order valence-electron chi connectivity index (χ2n) is 9.31. The summed E-state index contributed by atoms with van der Waals surface area (Å²) in [5, 5.41) is 24.2. The molecule has 31 heavy (non-hydrogen) atoms. The van der Waals surface area contributed by atoms with E-state index in [-0.39, 0.29) is 0 Å². The molecule has 3 N–H and O–H groups in total. The average molecular weight is 415 g/mol. The van der Waals surface area contributed by atoms with Gasteiger partial charge < -0.3 is 10.6 Å². The van der Waals surface area contributed by atoms with E-state index in [1.54, 1.807) is 0 Å². The molecule has 3 aliphatic heterocycles. The topological polar surface area (TPSA) is 106 Å². The maximum atomic E-state index is 8.96. The molecule has 0 bridgehead atoms. The molecule has 3 aromatic heterocycles. The average Bonchev–Trinajstić information content (AvgIpc) is 3.13. The number of nitrogens with one attached hydrogen (secondary N) is 3. The SMILES string of the molecule is Cc1cc(Nc2nc(N[C@H]3C[C@@H]4CC5(CCC#N)C[C@H](C3)N45)cc3ncccc23)n[nH]1. The van der Waals surface area contributed by atoms with Gasteiger partial charge in [-0.3, -0.25) is 15.0 Å². The van der Waals surface area contributed by atoms with Crippen molar-refractivity contribution < 1.29 is 0 Å². The van der Waals surface area contributed by atoms with Crippen LogP contribution in [0.2, 0.25) is 0 Å². The molecule has 0 aliphatic carbocycles. The van der Waals surface area contributed by atoms with Crippen LogP contribution in [0.1, 0.15) is 44.2 Å². The Morgan fingerprint density at radius 2 is 2.10 bits per heavy atom. The highest BCUT2D eigenvalue weighted by Gasteiger charge is 2.64. The molecular formula is C23H26N8. The Kier molecular flexibility index (Phi) is 4.15. The van der Waals surface area contributed by atoms with E-state index in [4.69, 9.17) is 10.2 Å². The van der Waals surface area contributed by atoms with Crippen molar-refractivity contribution in [1.29, 1.82) is 5.26 Å². The van der Waals surface area contributed by atoms with E-state index in [0.717, 1.165) is 53.3 Å². The number of fused-ring (bicyclic) bond motifs is 1. The molecule has 3 saturated heterocycles. The quantitative estimate of drug-likeness (QED) is 0.562. The van der Waals surface area contributed by atoms with E-state index in [1.807, 2.05) is 37.4 Å². The van der Waals surface area contributed by atoms with Crippen molar-refractivity contribution in [2.24, 2.45) is 0 Å². The fourth-order valence-corrected chi connectivity index (χ4v) is 6.16. The molecule has 158 valence electrons. The fourth-order valence-electron chi connectivity index (χ4n) is 6.16. The van der Waals surface area contributed by atoms with Crippen molar-refractivity contribution in [3.8, 4) is 6.07 Å². The van der Waals surface area contributed by atoms with Crippen molar-refractivity contribution in [3.63, 3.8) is 0 Å². The van der Waals surface area contributed by atoms with Crippen LogP contribution < -0.4 is 10.6 Å². The van der Waals surface area contributed by atoms with Crippen molar-refractivity contribution in [2.45, 2.75) is 69.1 Å². The number of aromatic amines is 1. The Morgan fingerprint density at radius 3 is 2.84 bits per heavy atom. The van der Waals surface area contributed by atoms with Gasteiger partial charge in [0.05, 0.1) is 11.6 Å². The molecule has 6 rings (SSSR count). The molecule has 8 heteroatoms. The van der Waals surface area contributed by atoms with Crippen LogP contribution >= 0.6 is 0 Å². The standard InChI is InChI=1S/C23H26N8/c1-14-8-21(30-29-14)28-22-18-4-2-7-25-19(18)11-20(27-22)26-15-9-16-12-23(5-3-6-24)13-17(10-15)31(16)23/h2,4,7-8,11,15-17H,3,5,9-10,12-13H2,1H3,(H3,26,27,28,29,30)/t15-,16+,17-,23?. The van der Waals surface area contributed by atoms with Crippen LogP contribution in [0.15, 0.2) is 30.5 Å². The molecule has 0 aromatic carbocycles. The third-order valence-corrected chi connectivity index (χ3v) is 7.28. The first-order valence-electron chi connectivity index (χ1n) is 11.1. The third kappa shape index (κ3) is 3.03. The monoisotopic (exact) mass is 414 g/mol. The number of piperidine rings is 2. The first-order valence-corrected chi connectivity index (χ1v) is 11.1. The molecule has 1 unspecified atom stereocenters. The number of aryl methyl sites for hydroxylation is 1. The van der Waals surface area contributed by atoms with E-state index in [0.29, 0.717) is 30.1 Å². The lowest BCUT2D eigenvalue weighted by Gasteiger charge is -2.74. The van der Waals surface area contributed by atoms with Gasteiger partial charge in [0.25, 0.3) is 0 Å². The van der Waals surface area contributed by atoms with Gasteiger partial charge in [-0.05, 0) is 51.2 Å². The smallest absolute Gasteiger partial charge is 0.153 e. The summed E-state index contributed by atoms with van der Waals surface area (Å²) in [7, 11) is 0. The van der Waals surface area contributed by atoms with Crippen molar-refractivity contribution in [3.05, 3.63) is 36.2 Å². The molecule has 3 aliphatic rings. The Bertz CT molecular complexity index is 1160. The van der Waals surface area contributed by atoms with Gasteiger partial charge in [0, 0.05) is 59.5 Å². The maximum Gasteiger partial charge on any atom is 0.153 e. The van der Waals surface area contributed by atoms with E-state index in [9.17, 15) is 0 Å². The van der Waals surface area contributed by atoms with Gasteiger partial charge in [-0.15, -0.1) is 0 Å². The summed E-state index contributed by atoms with van der Waals surface area (Å²) >= 11 is 0. The van der Waals surface area contributed by atoms with Crippen LogP contribution in [0.5, 0.6) is 0 Å². The van der Waals surface area contributed by atoms with Gasteiger partial charge in [0.1, 0.15) is 11.6 Å². The van der Waals surface area contributed by atoms with Crippen LogP contribution in [0, 0.1) is 18.3 Å². The van der Waals surface area contributed by atoms with E-state index in [2.05, 4.69) is 36.8 Å². The van der Waals surface area contributed by atoms with Crippen LogP contribution in [0.4, 0.5) is 17.5 Å². The first kappa shape index (κ1) is 18.6. The summed E-state index contributed by atoms with van der Waals surface area (Å²) in [4.78, 5) is 12.1. The number of nitrogens with zero attached hydrogens (tertiary/aromatic N) is 5. The van der Waals surface area contributed by atoms with Crippen LogP contribution in [0.3, 0.4) is 0 Å². The van der Waals surface area contributed by atoms with Gasteiger partial charge in [0.2, 0.25) is 0 Å². The second kappa shape index (κ2) is 6.92.